The molecule has 6 heteroatoms. The van der Waals surface area contributed by atoms with Crippen LogP contribution in [0.4, 0.5) is 0 Å². The predicted octanol–water partition coefficient (Wildman–Crippen LogP) is 2.64. The van der Waals surface area contributed by atoms with Crippen molar-refractivity contribution >= 4 is 5.91 Å². The number of hydrogen-bond donors (Lipinski definition) is 2. The number of rotatable bonds is 5. The highest BCUT2D eigenvalue weighted by Crippen LogP contribution is 2.26. The van der Waals surface area contributed by atoms with Crippen molar-refractivity contribution in [2.45, 2.75) is 70.5 Å². The summed E-state index contributed by atoms with van der Waals surface area (Å²) in [7, 11) is 1.94. The van der Waals surface area contributed by atoms with Gasteiger partial charge in [-0.3, -0.25) is 9.48 Å². The molecule has 2 N–H and O–H groups in total. The normalized spacial score (nSPS) is 20.3. The summed E-state index contributed by atoms with van der Waals surface area (Å²) in [4.78, 5) is 12.7. The summed E-state index contributed by atoms with van der Waals surface area (Å²) in [5, 5.41) is 11.3. The molecule has 1 saturated carbocycles. The van der Waals surface area contributed by atoms with Gasteiger partial charge in [-0.15, -0.1) is 0 Å². The van der Waals surface area contributed by atoms with E-state index in [0.29, 0.717) is 24.3 Å². The summed E-state index contributed by atoms with van der Waals surface area (Å²) in [6.07, 6.45) is 8.23. The number of aromatic nitrogens is 2. The van der Waals surface area contributed by atoms with E-state index in [1.165, 1.54) is 31.4 Å². The number of furan rings is 1. The molecule has 2 aliphatic carbocycles. The van der Waals surface area contributed by atoms with Crippen LogP contribution < -0.4 is 10.6 Å². The molecule has 1 fully saturated rings. The first-order chi connectivity index (χ1) is 12.6. The van der Waals surface area contributed by atoms with E-state index in [0.717, 1.165) is 36.3 Å². The number of carbonyl (C=O) groups excluding carboxylic acids is 1. The van der Waals surface area contributed by atoms with Crippen molar-refractivity contribution in [3.8, 4) is 0 Å². The highest BCUT2D eigenvalue weighted by atomic mass is 16.3. The molecule has 0 saturated heterocycles. The van der Waals surface area contributed by atoms with Crippen LogP contribution in [0.2, 0.25) is 0 Å². The third kappa shape index (κ3) is 3.56. The third-order valence-corrected chi connectivity index (χ3v) is 5.72. The van der Waals surface area contributed by atoms with Crippen LogP contribution in [0.25, 0.3) is 0 Å². The second-order valence-corrected chi connectivity index (χ2v) is 7.68. The Labute approximate surface area is 154 Å². The largest absolute Gasteiger partial charge is 0.465 e. The topological polar surface area (TPSA) is 72.1 Å². The highest BCUT2D eigenvalue weighted by molar-refractivity contribution is 5.94. The first kappa shape index (κ1) is 17.3. The molecule has 0 aliphatic heterocycles. The van der Waals surface area contributed by atoms with E-state index >= 15 is 0 Å². The molecule has 0 spiro atoms. The first-order valence-corrected chi connectivity index (χ1v) is 9.74. The lowest BCUT2D eigenvalue weighted by Crippen LogP contribution is -2.40. The van der Waals surface area contributed by atoms with Gasteiger partial charge in [0.15, 0.2) is 5.69 Å². The Morgan fingerprint density at radius 3 is 2.81 bits per heavy atom. The van der Waals surface area contributed by atoms with Crippen LogP contribution in [0.1, 0.15) is 65.4 Å². The molecule has 1 amide bonds. The van der Waals surface area contributed by atoms with Crippen LogP contribution in [0.3, 0.4) is 0 Å². The van der Waals surface area contributed by atoms with E-state index in [1.54, 1.807) is 0 Å². The van der Waals surface area contributed by atoms with Crippen molar-refractivity contribution < 1.29 is 9.21 Å². The summed E-state index contributed by atoms with van der Waals surface area (Å²) in [5.41, 5.74) is 2.89. The van der Waals surface area contributed by atoms with Crippen LogP contribution in [-0.2, 0) is 26.4 Å². The Morgan fingerprint density at radius 2 is 2.08 bits per heavy atom. The zero-order valence-corrected chi connectivity index (χ0v) is 15.7. The molecule has 0 aromatic carbocycles. The van der Waals surface area contributed by atoms with Gasteiger partial charge in [0.2, 0.25) is 0 Å². The molecule has 2 aromatic rings. The molecule has 26 heavy (non-hydrogen) atoms. The smallest absolute Gasteiger partial charge is 0.272 e. The zero-order valence-electron chi connectivity index (χ0n) is 15.7. The highest BCUT2D eigenvalue weighted by Gasteiger charge is 2.29. The maximum absolute atomic E-state index is 12.7. The van der Waals surface area contributed by atoms with Gasteiger partial charge in [-0.2, -0.15) is 5.10 Å². The molecular formula is C20H28N4O2. The van der Waals surface area contributed by atoms with Crippen LogP contribution in [0.5, 0.6) is 0 Å². The van der Waals surface area contributed by atoms with Crippen LogP contribution in [0, 0.1) is 6.92 Å². The maximum atomic E-state index is 12.7. The molecule has 0 unspecified atom stereocenters. The lowest BCUT2D eigenvalue weighted by molar-refractivity contribution is 0.0941. The monoisotopic (exact) mass is 356 g/mol. The second kappa shape index (κ2) is 7.27. The standard InChI is InChI=1S/C20H28N4O2/c1-13-7-9-16(26-13)12-21-20(25)19-17-11-15(22-14-5-3-4-6-14)8-10-18(17)24(2)23-19/h7,9,14-15,22H,3-6,8,10-12H2,1-2H3,(H,21,25)/t15-/m0/s1. The molecule has 6 nitrogen and oxygen atoms in total. The Balaban J connectivity index is 1.44. The Kier molecular flexibility index (Phi) is 4.85. The number of hydrogen-bond acceptors (Lipinski definition) is 4. The van der Waals surface area contributed by atoms with Crippen LogP contribution >= 0.6 is 0 Å². The Hall–Kier alpha value is -2.08. The van der Waals surface area contributed by atoms with Gasteiger partial charge in [0.1, 0.15) is 11.5 Å². The maximum Gasteiger partial charge on any atom is 0.272 e. The molecule has 2 aliphatic rings. The van der Waals surface area contributed by atoms with E-state index in [4.69, 9.17) is 4.42 Å². The molecular weight excluding hydrogens is 328 g/mol. The SMILES string of the molecule is Cc1ccc(CNC(=O)c2nn(C)c3c2C[C@@H](NC2CCCC2)CC3)o1. The Morgan fingerprint density at radius 1 is 1.27 bits per heavy atom. The lowest BCUT2D eigenvalue weighted by Gasteiger charge is -2.27. The fraction of sp³-hybridized carbons (Fsp3) is 0.600. The zero-order chi connectivity index (χ0) is 18.1. The number of fused-ring (bicyclic) bond motifs is 1. The molecule has 1 atom stereocenters. The molecule has 2 aromatic heterocycles. The minimum Gasteiger partial charge on any atom is -0.465 e. The van der Waals surface area contributed by atoms with Gasteiger partial charge in [0.05, 0.1) is 6.54 Å². The van der Waals surface area contributed by atoms with Crippen molar-refractivity contribution in [3.63, 3.8) is 0 Å². The van der Waals surface area contributed by atoms with Gasteiger partial charge < -0.3 is 15.1 Å². The third-order valence-electron chi connectivity index (χ3n) is 5.72. The average molecular weight is 356 g/mol. The van der Waals surface area contributed by atoms with Gasteiger partial charge in [0.25, 0.3) is 5.91 Å². The van der Waals surface area contributed by atoms with Gasteiger partial charge in [-0.25, -0.2) is 0 Å². The fourth-order valence-electron chi connectivity index (χ4n) is 4.37. The molecule has 140 valence electrons. The number of carbonyl (C=O) groups is 1. The van der Waals surface area contributed by atoms with Gasteiger partial charge in [-0.05, 0) is 51.2 Å². The van der Waals surface area contributed by atoms with Gasteiger partial charge in [-0.1, -0.05) is 12.8 Å². The fourth-order valence-corrected chi connectivity index (χ4v) is 4.37. The van der Waals surface area contributed by atoms with E-state index in [1.807, 2.05) is 30.8 Å². The summed E-state index contributed by atoms with van der Waals surface area (Å²) >= 11 is 0. The van der Waals surface area contributed by atoms with E-state index in [2.05, 4.69) is 15.7 Å². The van der Waals surface area contributed by atoms with Gasteiger partial charge in [0, 0.05) is 30.4 Å². The molecule has 0 radical (unpaired) electrons. The average Bonchev–Trinajstić information content (AvgIpc) is 3.35. The van der Waals surface area contributed by atoms with Crippen LogP contribution in [0.15, 0.2) is 16.5 Å². The van der Waals surface area contributed by atoms with E-state index in [-0.39, 0.29) is 5.91 Å². The number of nitrogens with one attached hydrogen (secondary N) is 2. The van der Waals surface area contributed by atoms with E-state index < -0.39 is 0 Å². The van der Waals surface area contributed by atoms with Crippen molar-refractivity contribution in [2.24, 2.45) is 7.05 Å². The number of amides is 1. The number of aryl methyl sites for hydroxylation is 2. The second-order valence-electron chi connectivity index (χ2n) is 7.68. The molecule has 2 heterocycles. The van der Waals surface area contributed by atoms with Crippen molar-refractivity contribution in [1.29, 1.82) is 0 Å². The van der Waals surface area contributed by atoms with Crippen molar-refractivity contribution in [3.05, 3.63) is 40.6 Å². The Bertz CT molecular complexity index is 786. The molecule has 0 bridgehead atoms. The minimum absolute atomic E-state index is 0.114. The van der Waals surface area contributed by atoms with Gasteiger partial charge >= 0.3 is 0 Å². The van der Waals surface area contributed by atoms with E-state index in [9.17, 15) is 4.79 Å². The summed E-state index contributed by atoms with van der Waals surface area (Å²) in [6, 6.07) is 4.90. The van der Waals surface area contributed by atoms with Crippen LogP contribution in [-0.4, -0.2) is 27.8 Å². The summed E-state index contributed by atoms with van der Waals surface area (Å²) < 4.78 is 7.41. The minimum atomic E-state index is -0.114. The molecule has 4 rings (SSSR count). The van der Waals surface area contributed by atoms with Crippen molar-refractivity contribution in [2.75, 3.05) is 0 Å². The number of nitrogens with zero attached hydrogens (tertiary/aromatic N) is 2. The summed E-state index contributed by atoms with van der Waals surface area (Å²) in [5.74, 6) is 1.50. The summed E-state index contributed by atoms with van der Waals surface area (Å²) in [6.45, 7) is 2.29. The first-order valence-electron chi connectivity index (χ1n) is 9.74. The predicted molar refractivity (Wildman–Crippen MR) is 99.0 cm³/mol. The lowest BCUT2D eigenvalue weighted by atomic mass is 9.90. The van der Waals surface area contributed by atoms with Crippen molar-refractivity contribution in [1.82, 2.24) is 20.4 Å². The quantitative estimate of drug-likeness (QED) is 0.864.